The Morgan fingerprint density at radius 2 is 1.88 bits per heavy atom. The van der Waals surface area contributed by atoms with Gasteiger partial charge in [-0.2, -0.15) is 0 Å². The normalized spacial score (nSPS) is 13.0. The first-order valence-electron chi connectivity index (χ1n) is 11.1. The number of ether oxygens (including phenoxy) is 1. The van der Waals surface area contributed by atoms with Crippen molar-refractivity contribution < 1.29 is 9.13 Å². The molecular weight excluding hydrogens is 435 g/mol. The van der Waals surface area contributed by atoms with Gasteiger partial charge >= 0.3 is 0 Å². The number of hydrogen-bond acceptors (Lipinski definition) is 3. The van der Waals surface area contributed by atoms with Gasteiger partial charge in [-0.05, 0) is 61.2 Å². The number of halogens is 1. The lowest BCUT2D eigenvalue weighted by molar-refractivity contribution is 0.415. The minimum atomic E-state index is -0.258. The van der Waals surface area contributed by atoms with Gasteiger partial charge in [0.1, 0.15) is 27.9 Å². The van der Waals surface area contributed by atoms with E-state index in [4.69, 9.17) is 22.1 Å². The Bertz CT molecular complexity index is 1340. The van der Waals surface area contributed by atoms with Crippen molar-refractivity contribution in [2.75, 3.05) is 13.7 Å². The van der Waals surface area contributed by atoms with Gasteiger partial charge in [0.15, 0.2) is 5.82 Å². The highest BCUT2D eigenvalue weighted by atomic mass is 32.1. The summed E-state index contributed by atoms with van der Waals surface area (Å²) in [7, 11) is 1.66. The number of thiocarbonyl (C=S) groups is 1. The van der Waals surface area contributed by atoms with Crippen LogP contribution in [0.1, 0.15) is 24.1 Å². The molecule has 33 heavy (non-hydrogen) atoms. The lowest BCUT2D eigenvalue weighted by Gasteiger charge is -2.11. The third kappa shape index (κ3) is 3.72. The molecule has 0 fully saturated rings. The average Bonchev–Trinajstić information content (AvgIpc) is 3.26. The predicted octanol–water partition coefficient (Wildman–Crippen LogP) is 5.40. The van der Waals surface area contributed by atoms with Crippen LogP contribution in [0.3, 0.4) is 0 Å². The Kier molecular flexibility index (Phi) is 5.72. The second-order valence-corrected chi connectivity index (χ2v) is 8.51. The summed E-state index contributed by atoms with van der Waals surface area (Å²) < 4.78 is 23.3. The van der Waals surface area contributed by atoms with Crippen LogP contribution in [-0.2, 0) is 13.0 Å². The summed E-state index contributed by atoms with van der Waals surface area (Å²) in [4.78, 5) is 0.599. The van der Waals surface area contributed by atoms with Crippen LogP contribution in [0, 0.1) is 5.82 Å². The third-order valence-electron chi connectivity index (χ3n) is 6.09. The fourth-order valence-corrected chi connectivity index (χ4v) is 4.85. The van der Waals surface area contributed by atoms with Crippen LogP contribution in [0.25, 0.3) is 28.2 Å². The van der Waals surface area contributed by atoms with Crippen LogP contribution in [0.4, 0.5) is 4.39 Å². The smallest absolute Gasteiger partial charge is 0.162 e. The monoisotopic (exact) mass is 460 g/mol. The molecule has 5 rings (SSSR count). The van der Waals surface area contributed by atoms with E-state index in [0.717, 1.165) is 65.4 Å². The Morgan fingerprint density at radius 3 is 2.58 bits per heavy atom. The zero-order chi connectivity index (χ0) is 22.9. The van der Waals surface area contributed by atoms with Gasteiger partial charge in [0.2, 0.25) is 0 Å². The van der Waals surface area contributed by atoms with E-state index in [1.165, 1.54) is 17.7 Å². The van der Waals surface area contributed by atoms with Crippen molar-refractivity contribution in [3.8, 4) is 28.3 Å². The summed E-state index contributed by atoms with van der Waals surface area (Å²) in [5.41, 5.74) is 6.06. The van der Waals surface area contributed by atoms with Gasteiger partial charge in [0.25, 0.3) is 0 Å². The highest BCUT2D eigenvalue weighted by Crippen LogP contribution is 2.38. The number of rotatable bonds is 6. The molecule has 168 valence electrons. The summed E-state index contributed by atoms with van der Waals surface area (Å²) in [6, 6.07) is 14.6. The zero-order valence-electron chi connectivity index (χ0n) is 18.5. The molecule has 0 amide bonds. The number of aryl methyl sites for hydroxylation is 2. The van der Waals surface area contributed by atoms with Gasteiger partial charge in [-0.1, -0.05) is 30.4 Å². The Labute approximate surface area is 197 Å². The number of benzene rings is 2. The van der Waals surface area contributed by atoms with Crippen LogP contribution in [0.5, 0.6) is 5.75 Å². The molecule has 1 N–H and O–H groups in total. The molecule has 4 aromatic rings. The van der Waals surface area contributed by atoms with Crippen LogP contribution in [0.2, 0.25) is 0 Å². The standard InChI is InChI=1S/C26H25FN4OS/c1-3-15-28-25(33)23-22(17-7-11-19(27)12-8-17)21-6-4-5-16-30-24(29-31(23)26(21)30)18-9-13-20(32-2)14-10-18/h3,7-14H,1,4-6,15-16H2,2H3,(H,28,33). The molecule has 1 aliphatic heterocycles. The van der Waals surface area contributed by atoms with Gasteiger partial charge in [0, 0.05) is 29.8 Å². The van der Waals surface area contributed by atoms with Crippen molar-refractivity contribution in [2.45, 2.75) is 25.8 Å². The van der Waals surface area contributed by atoms with Crippen molar-refractivity contribution in [1.29, 1.82) is 0 Å². The van der Waals surface area contributed by atoms with Crippen molar-refractivity contribution in [1.82, 2.24) is 19.5 Å². The van der Waals surface area contributed by atoms with E-state index >= 15 is 0 Å². The molecule has 0 spiro atoms. The fourth-order valence-electron chi connectivity index (χ4n) is 4.58. The maximum Gasteiger partial charge on any atom is 0.162 e. The zero-order valence-corrected chi connectivity index (χ0v) is 19.3. The molecule has 7 heteroatoms. The van der Waals surface area contributed by atoms with Crippen LogP contribution >= 0.6 is 12.2 Å². The molecule has 2 aromatic carbocycles. The molecule has 0 bridgehead atoms. The quantitative estimate of drug-likeness (QED) is 0.309. The highest BCUT2D eigenvalue weighted by molar-refractivity contribution is 7.80. The predicted molar refractivity (Wildman–Crippen MR) is 133 cm³/mol. The van der Waals surface area contributed by atoms with E-state index in [1.54, 1.807) is 13.2 Å². The summed E-state index contributed by atoms with van der Waals surface area (Å²) in [5.74, 6) is 1.45. The second-order valence-electron chi connectivity index (χ2n) is 8.10. The number of nitrogens with zero attached hydrogens (tertiary/aromatic N) is 3. The highest BCUT2D eigenvalue weighted by Gasteiger charge is 2.29. The molecule has 0 radical (unpaired) electrons. The number of hydrogen-bond donors (Lipinski definition) is 1. The number of aromatic nitrogens is 3. The van der Waals surface area contributed by atoms with Crippen LogP contribution in [-0.4, -0.2) is 32.8 Å². The van der Waals surface area contributed by atoms with Crippen molar-refractivity contribution in [3.63, 3.8) is 0 Å². The molecule has 0 aliphatic carbocycles. The average molecular weight is 461 g/mol. The first-order chi connectivity index (χ1) is 16.1. The first-order valence-corrected chi connectivity index (χ1v) is 11.5. The van der Waals surface area contributed by atoms with Crippen LogP contribution in [0.15, 0.2) is 61.2 Å². The van der Waals surface area contributed by atoms with E-state index in [2.05, 4.69) is 16.5 Å². The molecule has 3 heterocycles. The molecule has 0 saturated carbocycles. The molecular formula is C26H25FN4OS. The van der Waals surface area contributed by atoms with Crippen molar-refractivity contribution in [3.05, 3.63) is 78.3 Å². The molecule has 1 aliphatic rings. The van der Waals surface area contributed by atoms with E-state index in [-0.39, 0.29) is 5.82 Å². The lowest BCUT2D eigenvalue weighted by atomic mass is 9.98. The second kappa shape index (κ2) is 8.83. The Morgan fingerprint density at radius 1 is 1.15 bits per heavy atom. The van der Waals surface area contributed by atoms with E-state index < -0.39 is 0 Å². The van der Waals surface area contributed by atoms with Gasteiger partial charge in [-0.3, -0.25) is 0 Å². The van der Waals surface area contributed by atoms with Crippen LogP contribution < -0.4 is 10.1 Å². The SMILES string of the molecule is C=CCNC(=S)c1c(-c2ccc(F)cc2)c2c3n(c(-c4ccc(OC)cc4)nn13)CCCC2. The Balaban J connectivity index is 1.78. The van der Waals surface area contributed by atoms with Gasteiger partial charge in [0.05, 0.1) is 7.11 Å². The van der Waals surface area contributed by atoms with E-state index in [0.29, 0.717) is 11.5 Å². The molecule has 0 saturated heterocycles. The molecule has 0 atom stereocenters. The topological polar surface area (TPSA) is 43.5 Å². The lowest BCUT2D eigenvalue weighted by Crippen LogP contribution is -2.24. The summed E-state index contributed by atoms with van der Waals surface area (Å²) in [5, 5.41) is 8.33. The van der Waals surface area contributed by atoms with E-state index in [1.807, 2.05) is 40.9 Å². The summed E-state index contributed by atoms with van der Waals surface area (Å²) in [6.45, 7) is 5.22. The van der Waals surface area contributed by atoms with Gasteiger partial charge in [-0.15, -0.1) is 11.7 Å². The Hall–Kier alpha value is -3.45. The van der Waals surface area contributed by atoms with Gasteiger partial charge in [-0.25, -0.2) is 8.91 Å². The van der Waals surface area contributed by atoms with Crippen molar-refractivity contribution >= 4 is 22.9 Å². The largest absolute Gasteiger partial charge is 0.497 e. The molecule has 0 unspecified atom stereocenters. The first kappa shape index (κ1) is 21.4. The molecule has 5 nitrogen and oxygen atoms in total. The third-order valence-corrected chi connectivity index (χ3v) is 6.43. The van der Waals surface area contributed by atoms with E-state index in [9.17, 15) is 4.39 Å². The fraction of sp³-hybridized carbons (Fsp3) is 0.231. The molecule has 2 aromatic heterocycles. The van der Waals surface area contributed by atoms with Crippen molar-refractivity contribution in [2.24, 2.45) is 0 Å². The minimum absolute atomic E-state index is 0.258. The number of nitrogens with one attached hydrogen (secondary N) is 1. The minimum Gasteiger partial charge on any atom is -0.497 e. The maximum absolute atomic E-state index is 13.7. The summed E-state index contributed by atoms with van der Waals surface area (Å²) >= 11 is 5.82. The number of methoxy groups -OCH3 is 1. The maximum atomic E-state index is 13.7. The summed E-state index contributed by atoms with van der Waals surface area (Å²) in [6.07, 6.45) is 4.80. The van der Waals surface area contributed by atoms with Gasteiger partial charge < -0.3 is 14.6 Å².